The molecule has 6 rings (SSSR count). The van der Waals surface area contributed by atoms with Crippen molar-refractivity contribution in [2.75, 3.05) is 62.2 Å². The second-order valence-corrected chi connectivity index (χ2v) is 16.8. The van der Waals surface area contributed by atoms with Gasteiger partial charge in [0.05, 0.1) is 29.2 Å². The molecule has 1 aliphatic heterocycles. The standard InChI is InChI=1S/C34H44BrN8O2P/c1-22-11-12-28(32(23(22)2)46(5,6)44)38-33-27(35)20-36-34(40-33)39-29-17-26(24-19-37-41(3)21-24)30(18-31(29)45-4)43-15-13-42(14-16-43)25-9-7-8-10-25/h11-12,17-21,25H,7-10,13-16H2,1-6H3,(H2,36,38,39,40). The second kappa shape index (κ2) is 13.4. The molecular weight excluding hydrogens is 663 g/mol. The molecule has 4 aromatic rings. The largest absolute Gasteiger partial charge is 0.494 e. The fourth-order valence-electron chi connectivity index (χ4n) is 6.85. The lowest BCUT2D eigenvalue weighted by Crippen LogP contribution is -2.49. The molecule has 1 saturated heterocycles. The number of ether oxygens (including phenoxy) is 1. The Labute approximate surface area is 280 Å². The SMILES string of the molecule is COc1cc(N2CCN(C3CCCC3)CC2)c(-c2cnn(C)c2)cc1Nc1ncc(Br)c(Nc2ccc(C)c(C)c2P(C)(C)=O)n1. The van der Waals surface area contributed by atoms with E-state index >= 15 is 0 Å². The molecule has 2 aromatic heterocycles. The molecule has 2 aromatic carbocycles. The molecule has 0 radical (unpaired) electrons. The van der Waals surface area contributed by atoms with Crippen molar-refractivity contribution in [3.63, 3.8) is 0 Å². The minimum absolute atomic E-state index is 0.403. The van der Waals surface area contributed by atoms with E-state index in [1.165, 1.54) is 25.7 Å². The van der Waals surface area contributed by atoms with E-state index in [2.05, 4.69) is 58.6 Å². The molecule has 0 atom stereocenters. The normalized spacial score (nSPS) is 16.2. The summed E-state index contributed by atoms with van der Waals surface area (Å²) in [6, 6.07) is 8.97. The number of hydrogen-bond donors (Lipinski definition) is 2. The Balaban J connectivity index is 1.32. The molecule has 1 saturated carbocycles. The summed E-state index contributed by atoms with van der Waals surface area (Å²) in [6.45, 7) is 11.7. The quantitative estimate of drug-likeness (QED) is 0.177. The van der Waals surface area contributed by atoms with E-state index in [0.717, 1.165) is 76.8 Å². The number of hydrogen-bond acceptors (Lipinski definition) is 9. The highest BCUT2D eigenvalue weighted by Gasteiger charge is 2.28. The van der Waals surface area contributed by atoms with Crippen LogP contribution in [0.2, 0.25) is 0 Å². The van der Waals surface area contributed by atoms with Crippen LogP contribution in [0.1, 0.15) is 36.8 Å². The Morgan fingerprint density at radius 1 is 1.00 bits per heavy atom. The van der Waals surface area contributed by atoms with Gasteiger partial charge in [-0.15, -0.1) is 0 Å². The van der Waals surface area contributed by atoms with Crippen LogP contribution in [-0.4, -0.2) is 77.3 Å². The van der Waals surface area contributed by atoms with Crippen molar-refractivity contribution in [3.05, 3.63) is 58.5 Å². The molecule has 1 aliphatic carbocycles. The third-order valence-corrected chi connectivity index (χ3v) is 11.5. The predicted molar refractivity (Wildman–Crippen MR) is 193 cm³/mol. The van der Waals surface area contributed by atoms with Gasteiger partial charge in [-0.3, -0.25) is 9.58 Å². The first-order chi connectivity index (χ1) is 22.0. The van der Waals surface area contributed by atoms with Crippen LogP contribution in [0, 0.1) is 13.8 Å². The summed E-state index contributed by atoms with van der Waals surface area (Å²) in [6.07, 6.45) is 11.0. The molecule has 2 fully saturated rings. The van der Waals surface area contributed by atoms with Gasteiger partial charge in [-0.25, -0.2) is 4.98 Å². The summed E-state index contributed by atoms with van der Waals surface area (Å²) in [4.78, 5) is 14.5. The second-order valence-electron chi connectivity index (χ2n) is 12.8. The van der Waals surface area contributed by atoms with Gasteiger partial charge in [0.2, 0.25) is 5.95 Å². The van der Waals surface area contributed by atoms with E-state index in [1.54, 1.807) is 26.6 Å². The van der Waals surface area contributed by atoms with Gasteiger partial charge < -0.3 is 24.8 Å². The Hall–Kier alpha value is -3.40. The molecule has 2 N–H and O–H groups in total. The Kier molecular flexibility index (Phi) is 9.46. The van der Waals surface area contributed by atoms with Crippen LogP contribution in [0.15, 0.2) is 47.3 Å². The Morgan fingerprint density at radius 2 is 1.74 bits per heavy atom. The zero-order valence-electron chi connectivity index (χ0n) is 27.6. The average Bonchev–Trinajstić information content (AvgIpc) is 3.72. The van der Waals surface area contributed by atoms with Gasteiger partial charge in [0, 0.05) is 79.8 Å². The van der Waals surface area contributed by atoms with Gasteiger partial charge in [0.1, 0.15) is 18.7 Å². The van der Waals surface area contributed by atoms with Crippen molar-refractivity contribution in [2.45, 2.75) is 45.6 Å². The maximum absolute atomic E-state index is 13.3. The molecule has 46 heavy (non-hydrogen) atoms. The molecule has 12 heteroatoms. The third-order valence-electron chi connectivity index (χ3n) is 9.31. The molecular formula is C34H44BrN8O2P. The number of aromatic nitrogens is 4. The van der Waals surface area contributed by atoms with E-state index in [9.17, 15) is 4.57 Å². The summed E-state index contributed by atoms with van der Waals surface area (Å²) in [5, 5.41) is 12.1. The number of aryl methyl sites for hydroxylation is 2. The van der Waals surface area contributed by atoms with E-state index in [0.29, 0.717) is 22.0 Å². The molecule has 10 nitrogen and oxygen atoms in total. The van der Waals surface area contributed by atoms with Gasteiger partial charge in [0.25, 0.3) is 0 Å². The highest BCUT2D eigenvalue weighted by atomic mass is 79.9. The first kappa shape index (κ1) is 32.5. The van der Waals surface area contributed by atoms with Crippen LogP contribution in [0.3, 0.4) is 0 Å². The van der Waals surface area contributed by atoms with Crippen molar-refractivity contribution in [2.24, 2.45) is 7.05 Å². The lowest BCUT2D eigenvalue weighted by Gasteiger charge is -2.40. The fourth-order valence-corrected chi connectivity index (χ4v) is 8.83. The van der Waals surface area contributed by atoms with Gasteiger partial charge in [-0.05, 0) is 79.2 Å². The fraction of sp³-hybridized carbons (Fsp3) is 0.441. The molecule has 3 heterocycles. The first-order valence-corrected chi connectivity index (χ1v) is 19.3. The van der Waals surface area contributed by atoms with Crippen LogP contribution in [0.4, 0.5) is 28.8 Å². The lowest BCUT2D eigenvalue weighted by molar-refractivity contribution is 0.187. The van der Waals surface area contributed by atoms with Crippen molar-refractivity contribution < 1.29 is 9.30 Å². The average molecular weight is 708 g/mol. The molecule has 2 aliphatic rings. The summed E-state index contributed by atoms with van der Waals surface area (Å²) >= 11 is 3.61. The number of nitrogens with zero attached hydrogens (tertiary/aromatic N) is 6. The van der Waals surface area contributed by atoms with Crippen molar-refractivity contribution >= 4 is 57.2 Å². The highest BCUT2D eigenvalue weighted by Crippen LogP contribution is 2.43. The number of piperazine rings is 1. The molecule has 0 unspecified atom stereocenters. The molecule has 0 amide bonds. The predicted octanol–water partition coefficient (Wildman–Crippen LogP) is 7.06. The van der Waals surface area contributed by atoms with Crippen LogP contribution in [0.25, 0.3) is 11.1 Å². The Morgan fingerprint density at radius 3 is 2.39 bits per heavy atom. The number of rotatable bonds is 9. The molecule has 0 spiro atoms. The number of nitrogens with one attached hydrogen (secondary N) is 2. The topological polar surface area (TPSA) is 100 Å². The number of anilines is 5. The summed E-state index contributed by atoms with van der Waals surface area (Å²) in [7, 11) is 1.05. The van der Waals surface area contributed by atoms with Gasteiger partial charge in [-0.2, -0.15) is 10.1 Å². The molecule has 244 valence electrons. The number of methoxy groups -OCH3 is 1. The summed E-state index contributed by atoms with van der Waals surface area (Å²) in [5.41, 5.74) is 6.89. The first-order valence-electron chi connectivity index (χ1n) is 15.9. The highest BCUT2D eigenvalue weighted by molar-refractivity contribution is 9.10. The zero-order valence-corrected chi connectivity index (χ0v) is 30.1. The van der Waals surface area contributed by atoms with E-state index in [-0.39, 0.29) is 0 Å². The van der Waals surface area contributed by atoms with Crippen molar-refractivity contribution in [1.82, 2.24) is 24.6 Å². The number of halogens is 1. The molecule has 0 bridgehead atoms. The third kappa shape index (κ3) is 6.82. The zero-order chi connectivity index (χ0) is 32.6. The van der Waals surface area contributed by atoms with Crippen LogP contribution < -0.4 is 25.6 Å². The van der Waals surface area contributed by atoms with Gasteiger partial charge >= 0.3 is 0 Å². The van der Waals surface area contributed by atoms with Gasteiger partial charge in [0.15, 0.2) is 0 Å². The smallest absolute Gasteiger partial charge is 0.229 e. The van der Waals surface area contributed by atoms with Crippen molar-refractivity contribution in [1.29, 1.82) is 0 Å². The van der Waals surface area contributed by atoms with Crippen LogP contribution in [0.5, 0.6) is 5.75 Å². The number of benzene rings is 2. The maximum Gasteiger partial charge on any atom is 0.229 e. The van der Waals surface area contributed by atoms with Crippen LogP contribution in [-0.2, 0) is 11.6 Å². The van der Waals surface area contributed by atoms with E-state index < -0.39 is 7.14 Å². The monoisotopic (exact) mass is 706 g/mol. The lowest BCUT2D eigenvalue weighted by atomic mass is 10.0. The van der Waals surface area contributed by atoms with Crippen LogP contribution >= 0.6 is 23.1 Å². The minimum Gasteiger partial charge on any atom is -0.494 e. The summed E-state index contributed by atoms with van der Waals surface area (Å²) < 4.78 is 21.8. The van der Waals surface area contributed by atoms with E-state index in [4.69, 9.17) is 9.72 Å². The minimum atomic E-state index is -2.58. The van der Waals surface area contributed by atoms with E-state index in [1.807, 2.05) is 50.1 Å². The van der Waals surface area contributed by atoms with Crippen molar-refractivity contribution in [3.8, 4) is 16.9 Å². The maximum atomic E-state index is 13.3. The summed E-state index contributed by atoms with van der Waals surface area (Å²) in [5.74, 6) is 1.68. The Bertz CT molecular complexity index is 1770. The van der Waals surface area contributed by atoms with Gasteiger partial charge in [-0.1, -0.05) is 18.9 Å².